The molecule has 1 N–H and O–H groups in total. The normalized spacial score (nSPS) is 17.3. The first-order valence-electron chi connectivity index (χ1n) is 10.7. The van der Waals surface area contributed by atoms with Crippen LogP contribution in [0.1, 0.15) is 21.5 Å². The summed E-state index contributed by atoms with van der Waals surface area (Å²) >= 11 is 0. The summed E-state index contributed by atoms with van der Waals surface area (Å²) in [4.78, 5) is 17.4. The number of nitrogens with zero attached hydrogens (tertiary/aromatic N) is 2. The molecular formula is C23H29N3O4S. The maximum absolute atomic E-state index is 12.5. The number of anilines is 1. The van der Waals surface area contributed by atoms with E-state index in [0.29, 0.717) is 30.2 Å². The van der Waals surface area contributed by atoms with E-state index in [4.69, 9.17) is 4.74 Å². The van der Waals surface area contributed by atoms with Crippen LogP contribution in [0.2, 0.25) is 0 Å². The van der Waals surface area contributed by atoms with Crippen molar-refractivity contribution >= 4 is 21.4 Å². The topological polar surface area (TPSA) is 79.0 Å². The van der Waals surface area contributed by atoms with Crippen LogP contribution in [0, 0.1) is 0 Å². The first-order chi connectivity index (χ1) is 14.9. The van der Waals surface area contributed by atoms with Gasteiger partial charge in [0, 0.05) is 56.8 Å². The molecule has 1 saturated heterocycles. The molecule has 2 aromatic carbocycles. The predicted molar refractivity (Wildman–Crippen MR) is 120 cm³/mol. The van der Waals surface area contributed by atoms with Crippen LogP contribution in [-0.2, 0) is 27.6 Å². The second kappa shape index (κ2) is 9.38. The van der Waals surface area contributed by atoms with E-state index in [9.17, 15) is 13.2 Å². The van der Waals surface area contributed by atoms with Crippen LogP contribution < -0.4 is 10.2 Å². The van der Waals surface area contributed by atoms with Crippen LogP contribution in [0.3, 0.4) is 0 Å². The highest BCUT2D eigenvalue weighted by Crippen LogP contribution is 2.20. The highest BCUT2D eigenvalue weighted by atomic mass is 32.2. The molecule has 0 spiro atoms. The summed E-state index contributed by atoms with van der Waals surface area (Å²) in [6.45, 7) is 6.33. The van der Waals surface area contributed by atoms with E-state index >= 15 is 0 Å². The molecule has 0 saturated carbocycles. The molecule has 2 aliphatic heterocycles. The van der Waals surface area contributed by atoms with Crippen molar-refractivity contribution in [2.24, 2.45) is 0 Å². The molecular weight excluding hydrogens is 414 g/mol. The van der Waals surface area contributed by atoms with Gasteiger partial charge < -0.3 is 15.0 Å². The molecule has 2 heterocycles. The van der Waals surface area contributed by atoms with Crippen LogP contribution in [0.4, 0.5) is 5.69 Å². The van der Waals surface area contributed by atoms with Gasteiger partial charge in [0.2, 0.25) is 0 Å². The average Bonchev–Trinajstić information content (AvgIpc) is 2.78. The van der Waals surface area contributed by atoms with Crippen LogP contribution in [0.5, 0.6) is 0 Å². The highest BCUT2D eigenvalue weighted by Gasteiger charge is 2.18. The van der Waals surface area contributed by atoms with Gasteiger partial charge in [-0.1, -0.05) is 6.07 Å². The minimum Gasteiger partial charge on any atom is -0.376 e. The quantitative estimate of drug-likeness (QED) is 0.732. The van der Waals surface area contributed by atoms with Crippen molar-refractivity contribution in [3.05, 3.63) is 59.2 Å². The van der Waals surface area contributed by atoms with Gasteiger partial charge in [0.25, 0.3) is 5.91 Å². The first-order valence-corrected chi connectivity index (χ1v) is 12.5. The van der Waals surface area contributed by atoms with Crippen molar-refractivity contribution < 1.29 is 17.9 Å². The number of hydrogen-bond donors (Lipinski definition) is 1. The number of sulfone groups is 1. The van der Waals surface area contributed by atoms with Gasteiger partial charge in [-0.3, -0.25) is 9.69 Å². The molecule has 0 unspecified atom stereocenters. The number of rotatable bonds is 6. The average molecular weight is 444 g/mol. The predicted octanol–water partition coefficient (Wildman–Crippen LogP) is 1.71. The van der Waals surface area contributed by atoms with Gasteiger partial charge in [-0.15, -0.1) is 0 Å². The fourth-order valence-corrected chi connectivity index (χ4v) is 4.70. The summed E-state index contributed by atoms with van der Waals surface area (Å²) in [6.07, 6.45) is 2.08. The molecule has 8 heteroatoms. The fraction of sp³-hybridized carbons (Fsp3) is 0.435. The molecule has 1 fully saturated rings. The lowest BCUT2D eigenvalue weighted by Crippen LogP contribution is -2.48. The van der Waals surface area contributed by atoms with E-state index in [-0.39, 0.29) is 5.91 Å². The number of hydrogen-bond acceptors (Lipinski definition) is 6. The Morgan fingerprint density at radius 1 is 1.03 bits per heavy atom. The van der Waals surface area contributed by atoms with Crippen LogP contribution in [0.25, 0.3) is 0 Å². The summed E-state index contributed by atoms with van der Waals surface area (Å²) < 4.78 is 28.7. The largest absolute Gasteiger partial charge is 0.376 e. The molecule has 0 aromatic heterocycles. The monoisotopic (exact) mass is 443 g/mol. The Bertz CT molecular complexity index is 1030. The van der Waals surface area contributed by atoms with Crippen molar-refractivity contribution in [2.45, 2.75) is 17.9 Å². The maximum atomic E-state index is 12.5. The SMILES string of the molecule is CS(=O)(=O)c1ccc(N2CCN(CCNC(=O)c3ccc4c(c3)CCOC4)CC2)cc1. The molecule has 4 rings (SSSR count). The van der Waals surface area contributed by atoms with Gasteiger partial charge in [0.05, 0.1) is 18.1 Å². The molecule has 31 heavy (non-hydrogen) atoms. The Morgan fingerprint density at radius 2 is 1.77 bits per heavy atom. The molecule has 166 valence electrons. The zero-order chi connectivity index (χ0) is 21.8. The summed E-state index contributed by atoms with van der Waals surface area (Å²) in [5.41, 5.74) is 4.13. The van der Waals surface area contributed by atoms with Gasteiger partial charge in [0.15, 0.2) is 9.84 Å². The Morgan fingerprint density at radius 3 is 2.48 bits per heavy atom. The first kappa shape index (κ1) is 21.8. The lowest BCUT2D eigenvalue weighted by molar-refractivity contribution is 0.0945. The van der Waals surface area contributed by atoms with Crippen molar-refractivity contribution in [3.63, 3.8) is 0 Å². The van der Waals surface area contributed by atoms with Crippen molar-refractivity contribution in [1.29, 1.82) is 0 Å². The Labute approximate surface area is 183 Å². The van der Waals surface area contributed by atoms with Gasteiger partial charge in [-0.25, -0.2) is 8.42 Å². The molecule has 0 bridgehead atoms. The number of fused-ring (bicyclic) bond motifs is 1. The Balaban J connectivity index is 1.22. The van der Waals surface area contributed by atoms with Gasteiger partial charge >= 0.3 is 0 Å². The summed E-state index contributed by atoms with van der Waals surface area (Å²) in [7, 11) is -3.17. The van der Waals surface area contributed by atoms with Crippen LogP contribution >= 0.6 is 0 Å². The third kappa shape index (κ3) is 5.44. The fourth-order valence-electron chi connectivity index (χ4n) is 4.07. The number of piperazine rings is 1. The zero-order valence-corrected chi connectivity index (χ0v) is 18.7. The number of amides is 1. The van der Waals surface area contributed by atoms with Crippen LogP contribution in [0.15, 0.2) is 47.4 Å². The minimum atomic E-state index is -3.17. The molecule has 0 atom stereocenters. The minimum absolute atomic E-state index is 0.0288. The number of nitrogens with one attached hydrogen (secondary N) is 1. The highest BCUT2D eigenvalue weighted by molar-refractivity contribution is 7.90. The van der Waals surface area contributed by atoms with Crippen molar-refractivity contribution in [2.75, 3.05) is 57.0 Å². The molecule has 2 aliphatic rings. The van der Waals surface area contributed by atoms with Crippen molar-refractivity contribution in [1.82, 2.24) is 10.2 Å². The van der Waals surface area contributed by atoms with E-state index in [1.165, 1.54) is 17.4 Å². The number of benzene rings is 2. The molecule has 0 radical (unpaired) electrons. The molecule has 2 aromatic rings. The van der Waals surface area contributed by atoms with Gasteiger partial charge in [-0.05, 0) is 53.9 Å². The summed E-state index contributed by atoms with van der Waals surface area (Å²) in [5.74, 6) is -0.0288. The van der Waals surface area contributed by atoms with E-state index in [0.717, 1.165) is 44.8 Å². The van der Waals surface area contributed by atoms with Gasteiger partial charge in [0.1, 0.15) is 0 Å². The van der Waals surface area contributed by atoms with E-state index in [1.807, 2.05) is 30.3 Å². The van der Waals surface area contributed by atoms with E-state index in [1.54, 1.807) is 12.1 Å². The molecule has 1 amide bonds. The number of carbonyl (C=O) groups excluding carboxylic acids is 1. The zero-order valence-electron chi connectivity index (χ0n) is 17.8. The lowest BCUT2D eigenvalue weighted by atomic mass is 10.00. The van der Waals surface area contributed by atoms with Crippen LogP contribution in [-0.4, -0.2) is 71.4 Å². The number of ether oxygens (including phenoxy) is 1. The second-order valence-corrected chi connectivity index (χ2v) is 10.2. The van der Waals surface area contributed by atoms with Crippen molar-refractivity contribution in [3.8, 4) is 0 Å². The maximum Gasteiger partial charge on any atom is 0.251 e. The smallest absolute Gasteiger partial charge is 0.251 e. The molecule has 7 nitrogen and oxygen atoms in total. The lowest BCUT2D eigenvalue weighted by Gasteiger charge is -2.36. The third-order valence-electron chi connectivity index (χ3n) is 5.96. The van der Waals surface area contributed by atoms with E-state index < -0.39 is 9.84 Å². The molecule has 0 aliphatic carbocycles. The Kier molecular flexibility index (Phi) is 6.60. The Hall–Kier alpha value is -2.42. The standard InChI is InChI=1S/C23H29N3O4S/c1-31(28,29)22-6-4-21(5-7-22)26-13-11-25(12-14-26)10-9-24-23(27)19-2-3-20-17-30-15-8-18(20)16-19/h2-7,16H,8-15,17H2,1H3,(H,24,27). The second-order valence-electron chi connectivity index (χ2n) is 8.14. The number of carbonyl (C=O) groups is 1. The summed E-state index contributed by atoms with van der Waals surface area (Å²) in [6, 6.07) is 12.9. The van der Waals surface area contributed by atoms with Gasteiger partial charge in [-0.2, -0.15) is 0 Å². The van der Waals surface area contributed by atoms with E-state index in [2.05, 4.69) is 15.1 Å². The third-order valence-corrected chi connectivity index (χ3v) is 7.09. The summed E-state index contributed by atoms with van der Waals surface area (Å²) in [5, 5.41) is 3.03.